The molecule has 1 rings (SSSR count). The Morgan fingerprint density at radius 3 is 2.40 bits per heavy atom. The number of hydrogen-bond donors (Lipinski definition) is 1. The van der Waals surface area contributed by atoms with E-state index in [1.54, 1.807) is 0 Å². The standard InChI is InChI=1S/C13H20ClN/c1-10-9-11(13(2,3)4)5-6-12(10)15-8-7-14/h5-6,9,15H,7-8H2,1-4H3. The molecule has 1 aromatic rings. The maximum Gasteiger partial charge on any atom is 0.0396 e. The number of anilines is 1. The van der Waals surface area contributed by atoms with Gasteiger partial charge < -0.3 is 5.32 Å². The topological polar surface area (TPSA) is 12.0 Å². The second kappa shape index (κ2) is 4.89. The molecular weight excluding hydrogens is 206 g/mol. The fourth-order valence-electron chi connectivity index (χ4n) is 1.51. The van der Waals surface area contributed by atoms with Crippen LogP contribution in [0.4, 0.5) is 5.69 Å². The highest BCUT2D eigenvalue weighted by molar-refractivity contribution is 6.18. The minimum Gasteiger partial charge on any atom is -0.384 e. The predicted molar refractivity (Wildman–Crippen MR) is 69.1 cm³/mol. The van der Waals surface area contributed by atoms with Gasteiger partial charge in [0.1, 0.15) is 0 Å². The molecule has 0 amide bonds. The normalized spacial score (nSPS) is 11.5. The zero-order valence-electron chi connectivity index (χ0n) is 10.0. The van der Waals surface area contributed by atoms with Crippen LogP contribution in [0.25, 0.3) is 0 Å². The van der Waals surface area contributed by atoms with Gasteiger partial charge >= 0.3 is 0 Å². The van der Waals surface area contributed by atoms with Crippen LogP contribution in [0.2, 0.25) is 0 Å². The van der Waals surface area contributed by atoms with Crippen LogP contribution in [0, 0.1) is 6.92 Å². The minimum atomic E-state index is 0.218. The molecular formula is C13H20ClN. The van der Waals surface area contributed by atoms with Crippen molar-refractivity contribution in [2.75, 3.05) is 17.7 Å². The van der Waals surface area contributed by atoms with E-state index in [1.165, 1.54) is 16.8 Å². The van der Waals surface area contributed by atoms with Crippen LogP contribution in [-0.2, 0) is 5.41 Å². The molecule has 0 aliphatic heterocycles. The maximum absolute atomic E-state index is 5.65. The Bertz CT molecular complexity index is 326. The summed E-state index contributed by atoms with van der Waals surface area (Å²) < 4.78 is 0. The van der Waals surface area contributed by atoms with Gasteiger partial charge in [0.05, 0.1) is 0 Å². The van der Waals surface area contributed by atoms with Crippen molar-refractivity contribution < 1.29 is 0 Å². The van der Waals surface area contributed by atoms with Crippen molar-refractivity contribution in [1.82, 2.24) is 0 Å². The van der Waals surface area contributed by atoms with Crippen LogP contribution >= 0.6 is 11.6 Å². The van der Waals surface area contributed by atoms with Gasteiger partial charge in [0.2, 0.25) is 0 Å². The number of alkyl halides is 1. The molecule has 0 aliphatic carbocycles. The van der Waals surface area contributed by atoms with Crippen molar-refractivity contribution in [3.05, 3.63) is 29.3 Å². The fraction of sp³-hybridized carbons (Fsp3) is 0.538. The molecule has 15 heavy (non-hydrogen) atoms. The Balaban J connectivity index is 2.88. The molecule has 0 bridgehead atoms. The van der Waals surface area contributed by atoms with E-state index in [0.717, 1.165) is 6.54 Å². The van der Waals surface area contributed by atoms with E-state index in [2.05, 4.69) is 51.2 Å². The van der Waals surface area contributed by atoms with Gasteiger partial charge in [-0.25, -0.2) is 0 Å². The van der Waals surface area contributed by atoms with Crippen LogP contribution in [0.3, 0.4) is 0 Å². The van der Waals surface area contributed by atoms with E-state index in [1.807, 2.05) is 0 Å². The molecule has 0 unspecified atom stereocenters. The van der Waals surface area contributed by atoms with Gasteiger partial charge in [0, 0.05) is 18.1 Å². The van der Waals surface area contributed by atoms with Crippen molar-refractivity contribution in [1.29, 1.82) is 0 Å². The SMILES string of the molecule is Cc1cc(C(C)(C)C)ccc1NCCCl. The second-order valence-corrected chi connectivity index (χ2v) is 5.27. The molecule has 1 aromatic carbocycles. The summed E-state index contributed by atoms with van der Waals surface area (Å²) in [7, 11) is 0. The van der Waals surface area contributed by atoms with Gasteiger partial charge in [0.15, 0.2) is 0 Å². The van der Waals surface area contributed by atoms with Gasteiger partial charge in [-0.1, -0.05) is 32.9 Å². The first-order chi connectivity index (χ1) is 6.95. The summed E-state index contributed by atoms with van der Waals surface area (Å²) in [5.74, 6) is 0.639. The number of aryl methyl sites for hydroxylation is 1. The summed E-state index contributed by atoms with van der Waals surface area (Å²) in [5.41, 5.74) is 4.06. The van der Waals surface area contributed by atoms with Gasteiger partial charge in [0.25, 0.3) is 0 Å². The number of rotatable bonds is 3. The summed E-state index contributed by atoms with van der Waals surface area (Å²) in [4.78, 5) is 0. The van der Waals surface area contributed by atoms with Crippen LogP contribution in [0.5, 0.6) is 0 Å². The van der Waals surface area contributed by atoms with E-state index >= 15 is 0 Å². The highest BCUT2D eigenvalue weighted by Gasteiger charge is 2.13. The number of hydrogen-bond acceptors (Lipinski definition) is 1. The molecule has 2 heteroatoms. The molecule has 0 radical (unpaired) electrons. The second-order valence-electron chi connectivity index (χ2n) is 4.90. The molecule has 84 valence electrons. The third-order valence-corrected chi connectivity index (χ3v) is 2.69. The average molecular weight is 226 g/mol. The van der Waals surface area contributed by atoms with Crippen LogP contribution < -0.4 is 5.32 Å². The first-order valence-corrected chi connectivity index (χ1v) is 5.89. The molecule has 0 aliphatic rings. The highest BCUT2D eigenvalue weighted by Crippen LogP contribution is 2.26. The molecule has 1 nitrogen and oxygen atoms in total. The average Bonchev–Trinajstić information content (AvgIpc) is 2.14. The minimum absolute atomic E-state index is 0.218. The lowest BCUT2D eigenvalue weighted by Crippen LogP contribution is -2.12. The summed E-state index contributed by atoms with van der Waals surface area (Å²) in [6.07, 6.45) is 0. The van der Waals surface area contributed by atoms with Crippen LogP contribution in [0.15, 0.2) is 18.2 Å². The largest absolute Gasteiger partial charge is 0.384 e. The lowest BCUT2D eigenvalue weighted by atomic mass is 9.86. The monoisotopic (exact) mass is 225 g/mol. The fourth-order valence-corrected chi connectivity index (χ4v) is 1.60. The van der Waals surface area contributed by atoms with Crippen molar-refractivity contribution in [2.45, 2.75) is 33.1 Å². The summed E-state index contributed by atoms with van der Waals surface area (Å²) in [6, 6.07) is 6.57. The summed E-state index contributed by atoms with van der Waals surface area (Å²) in [5, 5.41) is 3.31. The molecule has 1 N–H and O–H groups in total. The van der Waals surface area contributed by atoms with Gasteiger partial charge in [-0.2, -0.15) is 0 Å². The molecule has 0 spiro atoms. The zero-order chi connectivity index (χ0) is 11.5. The van der Waals surface area contributed by atoms with Crippen molar-refractivity contribution >= 4 is 17.3 Å². The van der Waals surface area contributed by atoms with Crippen molar-refractivity contribution in [2.24, 2.45) is 0 Å². The van der Waals surface area contributed by atoms with Crippen molar-refractivity contribution in [3.8, 4) is 0 Å². The van der Waals surface area contributed by atoms with Crippen LogP contribution in [0.1, 0.15) is 31.9 Å². The summed E-state index contributed by atoms with van der Waals surface area (Å²) in [6.45, 7) is 9.64. The third-order valence-electron chi connectivity index (χ3n) is 2.50. The van der Waals surface area contributed by atoms with Gasteiger partial charge in [-0.15, -0.1) is 11.6 Å². The first-order valence-electron chi connectivity index (χ1n) is 5.36. The first kappa shape index (κ1) is 12.4. The number of benzene rings is 1. The van der Waals surface area contributed by atoms with E-state index < -0.39 is 0 Å². The van der Waals surface area contributed by atoms with Gasteiger partial charge in [-0.05, 0) is 29.5 Å². The molecule has 0 fully saturated rings. The third kappa shape index (κ3) is 3.42. The lowest BCUT2D eigenvalue weighted by Gasteiger charge is -2.20. The van der Waals surface area contributed by atoms with Gasteiger partial charge in [-0.3, -0.25) is 0 Å². The van der Waals surface area contributed by atoms with E-state index in [-0.39, 0.29) is 5.41 Å². The number of nitrogens with one attached hydrogen (secondary N) is 1. The Labute approximate surface area is 97.8 Å². The molecule has 0 heterocycles. The van der Waals surface area contributed by atoms with Crippen molar-refractivity contribution in [3.63, 3.8) is 0 Å². The highest BCUT2D eigenvalue weighted by atomic mass is 35.5. The van der Waals surface area contributed by atoms with E-state index in [9.17, 15) is 0 Å². The molecule has 0 atom stereocenters. The zero-order valence-corrected chi connectivity index (χ0v) is 10.8. The molecule has 0 saturated heterocycles. The van der Waals surface area contributed by atoms with E-state index in [0.29, 0.717) is 5.88 Å². The Kier molecular flexibility index (Phi) is 4.04. The summed E-state index contributed by atoms with van der Waals surface area (Å²) >= 11 is 5.65. The molecule has 0 aromatic heterocycles. The lowest BCUT2D eigenvalue weighted by molar-refractivity contribution is 0.590. The smallest absolute Gasteiger partial charge is 0.0396 e. The Hall–Kier alpha value is -0.690. The quantitative estimate of drug-likeness (QED) is 0.769. The van der Waals surface area contributed by atoms with Crippen LogP contribution in [-0.4, -0.2) is 12.4 Å². The van der Waals surface area contributed by atoms with E-state index in [4.69, 9.17) is 11.6 Å². The Morgan fingerprint density at radius 1 is 1.27 bits per heavy atom. The number of halogens is 1. The maximum atomic E-state index is 5.65. The predicted octanol–water partition coefficient (Wildman–Crippen LogP) is 3.94. The molecule has 0 saturated carbocycles. The Morgan fingerprint density at radius 2 is 1.93 bits per heavy atom.